The first-order chi connectivity index (χ1) is 13.2. The Hall–Kier alpha value is -1.88. The molecule has 27 heavy (non-hydrogen) atoms. The van der Waals surface area contributed by atoms with Crippen LogP contribution in [0, 0.1) is 5.92 Å². The molecule has 1 N–H and O–H groups in total. The summed E-state index contributed by atoms with van der Waals surface area (Å²) in [5.74, 6) is 0.705. The van der Waals surface area contributed by atoms with E-state index in [0.29, 0.717) is 30.2 Å². The maximum absolute atomic E-state index is 13.4. The lowest BCUT2D eigenvalue weighted by atomic mass is 9.95. The molecular formula is C22H30N2O3. The average Bonchev–Trinajstić information content (AvgIpc) is 2.93. The van der Waals surface area contributed by atoms with Crippen molar-refractivity contribution in [2.75, 3.05) is 26.3 Å². The predicted molar refractivity (Wildman–Crippen MR) is 104 cm³/mol. The Labute approximate surface area is 161 Å². The van der Waals surface area contributed by atoms with E-state index in [4.69, 9.17) is 4.74 Å². The van der Waals surface area contributed by atoms with Gasteiger partial charge in [0.1, 0.15) is 0 Å². The third-order valence-corrected chi connectivity index (χ3v) is 6.31. The quantitative estimate of drug-likeness (QED) is 0.826. The number of benzene rings is 1. The maximum Gasteiger partial charge on any atom is 0.254 e. The molecule has 3 heterocycles. The topological polar surface area (TPSA) is 58.6 Å². The summed E-state index contributed by atoms with van der Waals surface area (Å²) in [7, 11) is 0. The molecule has 5 nitrogen and oxygen atoms in total. The fourth-order valence-corrected chi connectivity index (χ4v) is 4.68. The molecule has 2 atom stereocenters. The lowest BCUT2D eigenvalue weighted by molar-refractivity contribution is 0.0438. The van der Waals surface area contributed by atoms with Crippen molar-refractivity contribution >= 4 is 11.8 Å². The van der Waals surface area contributed by atoms with Gasteiger partial charge in [-0.25, -0.2) is 0 Å². The molecule has 0 radical (unpaired) electrons. The first kappa shape index (κ1) is 18.5. The molecule has 2 amide bonds. The van der Waals surface area contributed by atoms with Crippen LogP contribution in [-0.4, -0.2) is 49.1 Å². The van der Waals surface area contributed by atoms with Gasteiger partial charge in [-0.05, 0) is 61.8 Å². The number of nitrogens with zero attached hydrogens (tertiary/aromatic N) is 1. The second kappa shape index (κ2) is 8.42. The summed E-state index contributed by atoms with van der Waals surface area (Å²) in [6, 6.07) is 5.72. The van der Waals surface area contributed by atoms with Crippen LogP contribution in [0.15, 0.2) is 18.2 Å². The molecule has 2 bridgehead atoms. The molecule has 1 aromatic carbocycles. The zero-order chi connectivity index (χ0) is 18.6. The Balaban J connectivity index is 1.57. The van der Waals surface area contributed by atoms with E-state index in [1.807, 2.05) is 18.2 Å². The monoisotopic (exact) mass is 370 g/mol. The number of ether oxygens (including phenoxy) is 1. The number of rotatable bonds is 1. The van der Waals surface area contributed by atoms with E-state index in [0.717, 1.165) is 44.4 Å². The van der Waals surface area contributed by atoms with E-state index >= 15 is 0 Å². The predicted octanol–water partition coefficient (Wildman–Crippen LogP) is 3.17. The Morgan fingerprint density at radius 2 is 1.96 bits per heavy atom. The minimum atomic E-state index is -0.0336. The molecule has 2 fully saturated rings. The maximum atomic E-state index is 13.4. The molecule has 0 saturated carbocycles. The van der Waals surface area contributed by atoms with Crippen molar-refractivity contribution in [2.45, 2.75) is 57.4 Å². The van der Waals surface area contributed by atoms with E-state index in [9.17, 15) is 9.59 Å². The van der Waals surface area contributed by atoms with Crippen molar-refractivity contribution in [2.24, 2.45) is 5.92 Å². The highest BCUT2D eigenvalue weighted by atomic mass is 16.5. The molecule has 1 aromatic rings. The number of hydrogen-bond acceptors (Lipinski definition) is 3. The van der Waals surface area contributed by atoms with E-state index < -0.39 is 0 Å². The molecule has 3 aliphatic heterocycles. The third-order valence-electron chi connectivity index (χ3n) is 6.31. The van der Waals surface area contributed by atoms with Crippen LogP contribution >= 0.6 is 0 Å². The number of hydrogen-bond donors (Lipinski definition) is 1. The van der Waals surface area contributed by atoms with Crippen LogP contribution in [0.1, 0.15) is 71.2 Å². The van der Waals surface area contributed by atoms with Gasteiger partial charge in [0.05, 0.1) is 12.6 Å². The highest BCUT2D eigenvalue weighted by molar-refractivity contribution is 6.00. The van der Waals surface area contributed by atoms with Gasteiger partial charge in [-0.2, -0.15) is 0 Å². The molecule has 0 aliphatic carbocycles. The van der Waals surface area contributed by atoms with Crippen molar-refractivity contribution in [3.8, 4) is 0 Å². The second-order valence-corrected chi connectivity index (χ2v) is 8.21. The fourth-order valence-electron chi connectivity index (χ4n) is 4.68. The summed E-state index contributed by atoms with van der Waals surface area (Å²) in [4.78, 5) is 27.4. The fraction of sp³-hybridized carbons (Fsp3) is 0.636. The summed E-state index contributed by atoms with van der Waals surface area (Å²) in [5.41, 5.74) is 2.40. The van der Waals surface area contributed by atoms with E-state index in [-0.39, 0.29) is 17.9 Å². The summed E-state index contributed by atoms with van der Waals surface area (Å²) < 4.78 is 5.97. The normalized spacial score (nSPS) is 26.5. The largest absolute Gasteiger partial charge is 0.379 e. The van der Waals surface area contributed by atoms with Gasteiger partial charge in [0.15, 0.2) is 0 Å². The first-order valence-electron chi connectivity index (χ1n) is 10.5. The van der Waals surface area contributed by atoms with Crippen molar-refractivity contribution in [1.82, 2.24) is 10.2 Å². The summed E-state index contributed by atoms with van der Waals surface area (Å²) in [5, 5.41) is 2.86. The molecule has 2 unspecified atom stereocenters. The van der Waals surface area contributed by atoms with E-state index in [2.05, 4.69) is 10.2 Å². The highest BCUT2D eigenvalue weighted by Crippen LogP contribution is 2.26. The average molecular weight is 370 g/mol. The number of fused-ring (bicyclic) bond motifs is 4. The van der Waals surface area contributed by atoms with Gasteiger partial charge in [-0.1, -0.05) is 19.3 Å². The molecule has 5 heteroatoms. The molecular weight excluding hydrogens is 340 g/mol. The van der Waals surface area contributed by atoms with Crippen LogP contribution in [0.3, 0.4) is 0 Å². The lowest BCUT2D eigenvalue weighted by Crippen LogP contribution is -2.43. The smallest absolute Gasteiger partial charge is 0.254 e. The third kappa shape index (κ3) is 4.18. The summed E-state index contributed by atoms with van der Waals surface area (Å²) in [6.45, 7) is 2.93. The molecule has 146 valence electrons. The SMILES string of the molecule is O=C1NCCc2cc(C(=O)N3CCCCCCC4CCC3COC4)ccc21. The van der Waals surface area contributed by atoms with Crippen molar-refractivity contribution in [1.29, 1.82) is 0 Å². The minimum Gasteiger partial charge on any atom is -0.379 e. The van der Waals surface area contributed by atoms with Crippen LogP contribution in [0.4, 0.5) is 0 Å². The van der Waals surface area contributed by atoms with E-state index in [1.165, 1.54) is 25.7 Å². The van der Waals surface area contributed by atoms with Crippen LogP contribution < -0.4 is 5.32 Å². The van der Waals surface area contributed by atoms with Crippen molar-refractivity contribution in [3.05, 3.63) is 34.9 Å². The molecule has 0 spiro atoms. The molecule has 4 rings (SSSR count). The Morgan fingerprint density at radius 3 is 2.89 bits per heavy atom. The van der Waals surface area contributed by atoms with Gasteiger partial charge in [-0.15, -0.1) is 0 Å². The lowest BCUT2D eigenvalue weighted by Gasteiger charge is -2.31. The molecule has 2 saturated heterocycles. The van der Waals surface area contributed by atoms with E-state index in [1.54, 1.807) is 0 Å². The molecule has 0 aromatic heterocycles. The Kier molecular flexibility index (Phi) is 5.77. The van der Waals surface area contributed by atoms with Gasteiger partial charge >= 0.3 is 0 Å². The van der Waals surface area contributed by atoms with Gasteiger partial charge in [0, 0.05) is 30.8 Å². The number of nitrogens with one attached hydrogen (secondary N) is 1. The van der Waals surface area contributed by atoms with Crippen LogP contribution in [0.5, 0.6) is 0 Å². The van der Waals surface area contributed by atoms with Crippen LogP contribution in [0.25, 0.3) is 0 Å². The van der Waals surface area contributed by atoms with Crippen LogP contribution in [0.2, 0.25) is 0 Å². The molecule has 3 aliphatic rings. The number of carbonyl (C=O) groups excluding carboxylic acids is 2. The minimum absolute atomic E-state index is 0.0336. The number of amides is 2. The Bertz CT molecular complexity index is 703. The summed E-state index contributed by atoms with van der Waals surface area (Å²) >= 11 is 0. The van der Waals surface area contributed by atoms with Gasteiger partial charge in [0.25, 0.3) is 11.8 Å². The number of carbonyl (C=O) groups is 2. The van der Waals surface area contributed by atoms with Crippen LogP contribution in [-0.2, 0) is 11.2 Å². The van der Waals surface area contributed by atoms with Crippen molar-refractivity contribution < 1.29 is 14.3 Å². The highest BCUT2D eigenvalue weighted by Gasteiger charge is 2.29. The van der Waals surface area contributed by atoms with Gasteiger partial charge < -0.3 is 15.0 Å². The van der Waals surface area contributed by atoms with Crippen molar-refractivity contribution in [3.63, 3.8) is 0 Å². The zero-order valence-electron chi connectivity index (χ0n) is 16.0. The first-order valence-corrected chi connectivity index (χ1v) is 10.5. The van der Waals surface area contributed by atoms with Gasteiger partial charge in [0.2, 0.25) is 0 Å². The Morgan fingerprint density at radius 1 is 1.07 bits per heavy atom. The second-order valence-electron chi connectivity index (χ2n) is 8.21. The van der Waals surface area contributed by atoms with Gasteiger partial charge in [-0.3, -0.25) is 9.59 Å². The summed E-state index contributed by atoms with van der Waals surface area (Å²) in [6.07, 6.45) is 9.00. The standard InChI is InChI=1S/C22H30N2O3/c25-21-20-9-7-18(13-17(20)10-11-23-21)22(26)24-12-4-2-1-3-5-16-6-8-19(24)15-27-14-16/h7,9,13,16,19H,1-6,8,10-12,14-15H2,(H,23,25). The zero-order valence-corrected chi connectivity index (χ0v) is 16.0.